The molecule has 1 saturated heterocycles. The molecule has 0 radical (unpaired) electrons. The molecule has 1 saturated carbocycles. The van der Waals surface area contributed by atoms with Crippen molar-refractivity contribution in [1.82, 2.24) is 10.0 Å². The van der Waals surface area contributed by atoms with Crippen LogP contribution in [0.15, 0.2) is 71.1 Å². The summed E-state index contributed by atoms with van der Waals surface area (Å²) in [5.74, 6) is 0.470. The van der Waals surface area contributed by atoms with Crippen molar-refractivity contribution in [2.24, 2.45) is 5.41 Å². The van der Waals surface area contributed by atoms with Crippen LogP contribution in [0.1, 0.15) is 35.6 Å². The standard InChI is InChI=1S/C24H21ClN2O3S/c25-15-5-6-16-14(11-15)12-31-19-4-2-1-3-17(19)20(16)27-13-24(8-9-24)23(30)21-22(29)18(28)7-10-26(21)27/h1-7,10-11,18,20,28-29H,8-9,12-13H2. The van der Waals surface area contributed by atoms with Gasteiger partial charge in [-0.15, -0.1) is 11.8 Å². The summed E-state index contributed by atoms with van der Waals surface area (Å²) in [5, 5.41) is 25.5. The molecule has 4 aliphatic rings. The van der Waals surface area contributed by atoms with Crippen LogP contribution in [0.4, 0.5) is 0 Å². The number of thioether (sulfide) groups is 1. The fourth-order valence-corrected chi connectivity index (χ4v) is 6.21. The van der Waals surface area contributed by atoms with Crippen molar-refractivity contribution >= 4 is 29.1 Å². The first kappa shape index (κ1) is 19.4. The molecule has 1 spiro atoms. The lowest BCUT2D eigenvalue weighted by molar-refractivity contribution is -0.135. The average Bonchev–Trinajstić information content (AvgIpc) is 3.56. The number of hydrogen-bond donors (Lipinski definition) is 2. The molecular formula is C24H21ClN2O3S. The number of carbonyl (C=O) groups is 1. The Hall–Kier alpha value is -2.25. The Morgan fingerprint density at radius 3 is 2.74 bits per heavy atom. The number of aliphatic hydroxyl groups excluding tert-OH is 2. The summed E-state index contributed by atoms with van der Waals surface area (Å²) < 4.78 is 0. The number of halogens is 1. The van der Waals surface area contributed by atoms with E-state index in [1.54, 1.807) is 23.0 Å². The minimum atomic E-state index is -1.16. The highest BCUT2D eigenvalue weighted by atomic mass is 35.5. The van der Waals surface area contributed by atoms with Gasteiger partial charge in [0.2, 0.25) is 0 Å². The highest BCUT2D eigenvalue weighted by Crippen LogP contribution is 2.56. The van der Waals surface area contributed by atoms with E-state index in [2.05, 4.69) is 23.2 Å². The predicted octanol–water partition coefficient (Wildman–Crippen LogP) is 4.57. The van der Waals surface area contributed by atoms with Crippen LogP contribution in [0.5, 0.6) is 0 Å². The van der Waals surface area contributed by atoms with Crippen molar-refractivity contribution in [3.05, 3.63) is 87.9 Å². The van der Waals surface area contributed by atoms with Crippen LogP contribution in [0.3, 0.4) is 0 Å². The first-order valence-electron chi connectivity index (χ1n) is 10.4. The molecule has 2 aromatic rings. The number of Topliss-reactive ketones (excluding diaryl/α,β-unsaturated/α-hetero) is 1. The van der Waals surface area contributed by atoms with Crippen molar-refractivity contribution in [3.63, 3.8) is 0 Å². The maximum atomic E-state index is 13.3. The first-order chi connectivity index (χ1) is 15.0. The molecular weight excluding hydrogens is 432 g/mol. The number of nitrogens with zero attached hydrogens (tertiary/aromatic N) is 2. The van der Waals surface area contributed by atoms with Crippen molar-refractivity contribution in [3.8, 4) is 0 Å². The fraction of sp³-hybridized carbons (Fsp3) is 0.292. The zero-order valence-electron chi connectivity index (χ0n) is 16.7. The second-order valence-corrected chi connectivity index (χ2v) is 10.1. The lowest BCUT2D eigenvalue weighted by atomic mass is 9.88. The molecule has 0 aromatic heterocycles. The summed E-state index contributed by atoms with van der Waals surface area (Å²) in [6.07, 6.45) is 3.66. The van der Waals surface area contributed by atoms with E-state index < -0.39 is 11.5 Å². The molecule has 3 heterocycles. The summed E-state index contributed by atoms with van der Waals surface area (Å²) >= 11 is 8.12. The van der Waals surface area contributed by atoms with Gasteiger partial charge in [-0.3, -0.25) is 9.80 Å². The van der Waals surface area contributed by atoms with Gasteiger partial charge in [0.1, 0.15) is 11.8 Å². The molecule has 0 amide bonds. The molecule has 2 N–H and O–H groups in total. The molecule has 6 rings (SSSR count). The van der Waals surface area contributed by atoms with E-state index >= 15 is 0 Å². The molecule has 0 bridgehead atoms. The number of hydrogen-bond acceptors (Lipinski definition) is 6. The van der Waals surface area contributed by atoms with E-state index in [1.807, 2.05) is 24.3 Å². The van der Waals surface area contributed by atoms with Crippen LogP contribution in [0.25, 0.3) is 0 Å². The van der Waals surface area contributed by atoms with E-state index in [1.165, 1.54) is 11.0 Å². The third-order valence-electron chi connectivity index (χ3n) is 6.75. The van der Waals surface area contributed by atoms with Crippen molar-refractivity contribution in [1.29, 1.82) is 0 Å². The third-order valence-corrected chi connectivity index (χ3v) is 8.12. The number of aliphatic hydroxyl groups is 2. The van der Waals surface area contributed by atoms with Crippen LogP contribution in [0, 0.1) is 5.41 Å². The highest BCUT2D eigenvalue weighted by Gasteiger charge is 2.59. The smallest absolute Gasteiger partial charge is 0.191 e. The molecule has 2 unspecified atom stereocenters. The van der Waals surface area contributed by atoms with Gasteiger partial charge in [0.05, 0.1) is 11.5 Å². The molecule has 2 fully saturated rings. The summed E-state index contributed by atoms with van der Waals surface area (Å²) in [6.45, 7) is 0.564. The molecule has 2 aromatic carbocycles. The Bertz CT molecular complexity index is 1170. The fourth-order valence-electron chi connectivity index (χ4n) is 4.93. The van der Waals surface area contributed by atoms with Crippen LogP contribution in [0.2, 0.25) is 5.02 Å². The van der Waals surface area contributed by atoms with E-state index in [-0.39, 0.29) is 23.3 Å². The molecule has 1 aliphatic carbocycles. The Balaban J connectivity index is 1.57. The Morgan fingerprint density at radius 2 is 1.94 bits per heavy atom. The largest absolute Gasteiger partial charge is 0.507 e. The van der Waals surface area contributed by atoms with E-state index in [9.17, 15) is 15.0 Å². The minimum absolute atomic E-state index is 0.0720. The van der Waals surface area contributed by atoms with E-state index in [0.29, 0.717) is 11.6 Å². The lowest BCUT2D eigenvalue weighted by Gasteiger charge is -2.48. The summed E-state index contributed by atoms with van der Waals surface area (Å²) in [7, 11) is 0. The first-order valence-corrected chi connectivity index (χ1v) is 11.7. The molecule has 3 aliphatic heterocycles. The zero-order valence-corrected chi connectivity index (χ0v) is 18.2. The lowest BCUT2D eigenvalue weighted by Crippen LogP contribution is -2.55. The van der Waals surface area contributed by atoms with Gasteiger partial charge in [0.25, 0.3) is 0 Å². The van der Waals surface area contributed by atoms with Crippen LogP contribution < -0.4 is 0 Å². The molecule has 7 heteroatoms. The second kappa shape index (κ2) is 6.87. The number of hydrazine groups is 1. The van der Waals surface area contributed by atoms with Crippen molar-refractivity contribution in [2.75, 3.05) is 6.54 Å². The number of ketones is 1. The zero-order chi connectivity index (χ0) is 21.3. The van der Waals surface area contributed by atoms with Gasteiger partial charge >= 0.3 is 0 Å². The van der Waals surface area contributed by atoms with Gasteiger partial charge in [-0.05, 0) is 53.8 Å². The van der Waals surface area contributed by atoms with E-state index in [4.69, 9.17) is 11.6 Å². The average molecular weight is 453 g/mol. The van der Waals surface area contributed by atoms with Gasteiger partial charge in [0.15, 0.2) is 11.5 Å². The number of fused-ring (bicyclic) bond motifs is 3. The molecule has 31 heavy (non-hydrogen) atoms. The summed E-state index contributed by atoms with van der Waals surface area (Å²) in [5.41, 5.74) is 3.17. The Morgan fingerprint density at radius 1 is 1.13 bits per heavy atom. The number of benzene rings is 2. The van der Waals surface area contributed by atoms with Crippen LogP contribution in [-0.2, 0) is 10.5 Å². The van der Waals surface area contributed by atoms with Crippen LogP contribution >= 0.6 is 23.4 Å². The topological polar surface area (TPSA) is 64.0 Å². The van der Waals surface area contributed by atoms with Gasteiger partial charge in [-0.2, -0.15) is 0 Å². The Labute approximate surface area is 189 Å². The van der Waals surface area contributed by atoms with Gasteiger partial charge in [-0.1, -0.05) is 35.9 Å². The maximum absolute atomic E-state index is 13.3. The minimum Gasteiger partial charge on any atom is -0.507 e. The van der Waals surface area contributed by atoms with Crippen molar-refractivity contribution < 1.29 is 15.0 Å². The quantitative estimate of drug-likeness (QED) is 0.660. The molecule has 158 valence electrons. The highest BCUT2D eigenvalue weighted by molar-refractivity contribution is 7.98. The third kappa shape index (κ3) is 2.89. The monoisotopic (exact) mass is 452 g/mol. The number of rotatable bonds is 1. The van der Waals surface area contributed by atoms with E-state index in [0.717, 1.165) is 35.3 Å². The molecule has 5 nitrogen and oxygen atoms in total. The van der Waals surface area contributed by atoms with Gasteiger partial charge in [0, 0.05) is 28.4 Å². The van der Waals surface area contributed by atoms with Gasteiger partial charge < -0.3 is 10.2 Å². The van der Waals surface area contributed by atoms with Crippen molar-refractivity contribution in [2.45, 2.75) is 35.6 Å². The number of carbonyl (C=O) groups excluding carboxylic acids is 1. The summed E-state index contributed by atoms with van der Waals surface area (Å²) in [6, 6.07) is 14.2. The second-order valence-electron chi connectivity index (χ2n) is 8.64. The van der Waals surface area contributed by atoms with Gasteiger partial charge in [-0.25, -0.2) is 5.01 Å². The SMILES string of the molecule is O=C1C2=C(O)C(O)C=CN2N(C2c3ccc(Cl)cc3CSc3ccccc32)CC12CC2. The predicted molar refractivity (Wildman–Crippen MR) is 119 cm³/mol. The maximum Gasteiger partial charge on any atom is 0.191 e. The normalized spacial score (nSPS) is 26.4. The Kier molecular flexibility index (Phi) is 4.31. The summed E-state index contributed by atoms with van der Waals surface area (Å²) in [4.78, 5) is 14.5. The van der Waals surface area contributed by atoms with Crippen LogP contribution in [-0.4, -0.2) is 38.7 Å². The number of allylic oxidation sites excluding steroid dienone is 1. The molecule has 2 atom stereocenters.